The lowest BCUT2D eigenvalue weighted by Gasteiger charge is -2.46. The normalized spacial score (nSPS) is 12.8. The van der Waals surface area contributed by atoms with E-state index in [1.165, 1.54) is 94.8 Å². The number of benzene rings is 10. The molecule has 10 aromatic rings. The summed E-state index contributed by atoms with van der Waals surface area (Å²) in [6, 6.07) is 92.3. The van der Waals surface area contributed by atoms with Gasteiger partial charge in [0.2, 0.25) is 0 Å². The van der Waals surface area contributed by atoms with E-state index >= 15 is 0 Å². The van der Waals surface area contributed by atoms with Crippen molar-refractivity contribution >= 4 is 57.2 Å². The number of hydrogen-bond acceptors (Lipinski definition) is 2. The van der Waals surface area contributed by atoms with Crippen molar-refractivity contribution in [1.29, 1.82) is 0 Å². The second-order valence-corrected chi connectivity index (χ2v) is 19.7. The quantitative estimate of drug-likeness (QED) is 0.133. The van der Waals surface area contributed by atoms with E-state index in [1.54, 1.807) is 0 Å². The van der Waals surface area contributed by atoms with Crippen LogP contribution in [0, 0.1) is 0 Å². The largest absolute Gasteiger partial charge is 0.311 e. The molecule has 0 amide bonds. The van der Waals surface area contributed by atoms with Crippen LogP contribution < -0.4 is 26.2 Å². The number of para-hydroxylation sites is 1. The summed E-state index contributed by atoms with van der Waals surface area (Å²) in [5.41, 5.74) is 22.7. The van der Waals surface area contributed by atoms with Gasteiger partial charge < -0.3 is 9.80 Å². The molecule has 0 fully saturated rings. The fraction of sp³-hybridized carbons (Fsp3) is 0.0909. The number of rotatable bonds is 9. The number of nitrogens with zero attached hydrogens (tertiary/aromatic N) is 2. The maximum atomic E-state index is 2.60. The Morgan fingerprint density at radius 3 is 1.33 bits per heavy atom. The molecule has 0 bridgehead atoms. The predicted molar refractivity (Wildman–Crippen MR) is 294 cm³/mol. The molecule has 2 nitrogen and oxygen atoms in total. The Hall–Kier alpha value is -8.14. The fourth-order valence-electron chi connectivity index (χ4n) is 11.1. The van der Waals surface area contributed by atoms with E-state index in [4.69, 9.17) is 0 Å². The van der Waals surface area contributed by atoms with Crippen LogP contribution in [0.1, 0.15) is 49.9 Å². The van der Waals surface area contributed by atoms with Gasteiger partial charge in [0.05, 0.1) is 5.69 Å². The molecule has 2 aliphatic rings. The minimum absolute atomic E-state index is 0.0796. The van der Waals surface area contributed by atoms with Gasteiger partial charge in [0, 0.05) is 44.8 Å². The van der Waals surface area contributed by atoms with Gasteiger partial charge >= 0.3 is 0 Å². The highest BCUT2D eigenvalue weighted by Crippen LogP contribution is 2.49. The molecule has 2 aliphatic heterocycles. The second-order valence-electron chi connectivity index (χ2n) is 19.7. The third-order valence-electron chi connectivity index (χ3n) is 15.1. The van der Waals surface area contributed by atoms with Gasteiger partial charge in [-0.05, 0) is 109 Å². The van der Waals surface area contributed by atoms with E-state index in [2.05, 4.69) is 286 Å². The minimum atomic E-state index is -0.336. The first-order valence-corrected chi connectivity index (χ1v) is 24.3. The molecule has 10 aromatic carbocycles. The summed E-state index contributed by atoms with van der Waals surface area (Å²) in [5.74, 6) is 0. The van der Waals surface area contributed by atoms with Crippen molar-refractivity contribution in [2.24, 2.45) is 0 Å². The van der Waals surface area contributed by atoms with Gasteiger partial charge in [-0.25, -0.2) is 0 Å². The predicted octanol–water partition coefficient (Wildman–Crippen LogP) is 15.4. The third kappa shape index (κ3) is 7.20. The SMILES string of the molecule is CC(C)(c1ccccc1)c1ccc2c(c1)B1c3cc(-c4ccccc4)ccc3N(c3ccc(-c4ccccc4)cc3)c3cc(C(C)(C)c4ccccc4)cc(c31)N2c1ccccc1-c1ccccc1. The van der Waals surface area contributed by atoms with Crippen molar-refractivity contribution in [2.45, 2.75) is 38.5 Å². The Morgan fingerprint density at radius 2 is 0.725 bits per heavy atom. The van der Waals surface area contributed by atoms with Crippen LogP contribution in [0.25, 0.3) is 33.4 Å². The summed E-state index contributed by atoms with van der Waals surface area (Å²) >= 11 is 0. The molecule has 0 saturated heterocycles. The van der Waals surface area contributed by atoms with Crippen LogP contribution >= 0.6 is 0 Å². The second kappa shape index (κ2) is 16.9. The standard InChI is InChI=1S/C66H53BN2/c1-65(2,51-28-16-8-17-29-51)53-37-41-61-58(43-53)67-57-42-50(47-24-12-6-13-25-47)36-40-60(57)68(55-38-34-48(35-39-55)46-22-10-5-11-23-46)62-44-54(66(3,4)52-30-18-9-19-31-52)45-63(64(62)67)69(61)59-33-21-20-32-56(59)49-26-14-7-15-27-49/h5-45H,1-4H3. The van der Waals surface area contributed by atoms with E-state index in [0.29, 0.717) is 0 Å². The van der Waals surface area contributed by atoms with Crippen LogP contribution in [0.2, 0.25) is 0 Å². The van der Waals surface area contributed by atoms with Gasteiger partial charge in [0.25, 0.3) is 6.71 Å². The van der Waals surface area contributed by atoms with Gasteiger partial charge in [0.1, 0.15) is 0 Å². The molecule has 0 atom stereocenters. The Labute approximate surface area is 407 Å². The number of fused-ring (bicyclic) bond motifs is 4. The van der Waals surface area contributed by atoms with Crippen molar-refractivity contribution < 1.29 is 0 Å². The Balaban J connectivity index is 1.20. The molecule has 0 spiro atoms. The zero-order chi connectivity index (χ0) is 46.7. The highest BCUT2D eigenvalue weighted by molar-refractivity contribution is 7.00. The van der Waals surface area contributed by atoms with Crippen molar-refractivity contribution in [3.05, 3.63) is 271 Å². The van der Waals surface area contributed by atoms with E-state index in [0.717, 1.165) is 11.4 Å². The molecular weight excluding hydrogens is 832 g/mol. The lowest BCUT2D eigenvalue weighted by molar-refractivity contribution is 0.640. The monoisotopic (exact) mass is 884 g/mol. The topological polar surface area (TPSA) is 6.48 Å². The molecule has 0 N–H and O–H groups in total. The maximum absolute atomic E-state index is 2.60. The molecule has 0 unspecified atom stereocenters. The molecule has 12 rings (SSSR count). The molecule has 69 heavy (non-hydrogen) atoms. The molecule has 0 aromatic heterocycles. The third-order valence-corrected chi connectivity index (χ3v) is 15.1. The molecule has 2 heterocycles. The molecule has 0 aliphatic carbocycles. The van der Waals surface area contributed by atoms with Gasteiger partial charge in [-0.2, -0.15) is 0 Å². The Kier molecular flexibility index (Phi) is 10.3. The first-order valence-electron chi connectivity index (χ1n) is 24.3. The summed E-state index contributed by atoms with van der Waals surface area (Å²) in [4.78, 5) is 5.16. The van der Waals surface area contributed by atoms with E-state index in [-0.39, 0.29) is 17.5 Å². The van der Waals surface area contributed by atoms with Gasteiger partial charge in [-0.1, -0.05) is 234 Å². The van der Waals surface area contributed by atoms with Gasteiger partial charge in [0.15, 0.2) is 0 Å². The average Bonchev–Trinajstić information content (AvgIpc) is 3.41. The van der Waals surface area contributed by atoms with E-state index in [1.807, 2.05) is 0 Å². The maximum Gasteiger partial charge on any atom is 0.252 e. The summed E-state index contributed by atoms with van der Waals surface area (Å²) in [7, 11) is 0. The fourth-order valence-corrected chi connectivity index (χ4v) is 11.1. The van der Waals surface area contributed by atoms with Gasteiger partial charge in [-0.3, -0.25) is 0 Å². The van der Waals surface area contributed by atoms with Crippen molar-refractivity contribution in [1.82, 2.24) is 0 Å². The van der Waals surface area contributed by atoms with Crippen LogP contribution in [0.4, 0.5) is 34.1 Å². The van der Waals surface area contributed by atoms with Crippen LogP contribution in [-0.4, -0.2) is 6.71 Å². The van der Waals surface area contributed by atoms with Crippen molar-refractivity contribution in [3.63, 3.8) is 0 Å². The molecule has 330 valence electrons. The summed E-state index contributed by atoms with van der Waals surface area (Å²) in [5, 5.41) is 0. The summed E-state index contributed by atoms with van der Waals surface area (Å²) < 4.78 is 0. The van der Waals surface area contributed by atoms with E-state index in [9.17, 15) is 0 Å². The molecule has 0 radical (unpaired) electrons. The lowest BCUT2D eigenvalue weighted by Crippen LogP contribution is -2.61. The summed E-state index contributed by atoms with van der Waals surface area (Å²) in [6.45, 7) is 9.43. The Morgan fingerprint density at radius 1 is 0.290 bits per heavy atom. The summed E-state index contributed by atoms with van der Waals surface area (Å²) in [6.07, 6.45) is 0. The van der Waals surface area contributed by atoms with Crippen LogP contribution in [0.3, 0.4) is 0 Å². The first-order chi connectivity index (χ1) is 33.8. The van der Waals surface area contributed by atoms with Crippen molar-refractivity contribution in [2.75, 3.05) is 9.80 Å². The molecule has 0 saturated carbocycles. The first kappa shape index (κ1) is 42.2. The molecule has 3 heteroatoms. The highest BCUT2D eigenvalue weighted by atomic mass is 15.2. The van der Waals surface area contributed by atoms with E-state index < -0.39 is 0 Å². The van der Waals surface area contributed by atoms with Crippen molar-refractivity contribution in [3.8, 4) is 33.4 Å². The van der Waals surface area contributed by atoms with Gasteiger partial charge in [-0.15, -0.1) is 0 Å². The number of anilines is 6. The minimum Gasteiger partial charge on any atom is -0.311 e. The number of hydrogen-bond donors (Lipinski definition) is 0. The zero-order valence-electron chi connectivity index (χ0n) is 39.6. The lowest BCUT2D eigenvalue weighted by atomic mass is 9.33. The zero-order valence-corrected chi connectivity index (χ0v) is 39.6. The Bertz CT molecular complexity index is 3480. The van der Waals surface area contributed by atoms with Crippen LogP contribution in [0.15, 0.2) is 249 Å². The smallest absolute Gasteiger partial charge is 0.252 e. The van der Waals surface area contributed by atoms with Crippen LogP contribution in [-0.2, 0) is 10.8 Å². The molecular formula is C66H53BN2. The highest BCUT2D eigenvalue weighted by Gasteiger charge is 2.45. The van der Waals surface area contributed by atoms with Crippen LogP contribution in [0.5, 0.6) is 0 Å². The average molecular weight is 885 g/mol.